The number of anilines is 1. The third-order valence-corrected chi connectivity index (χ3v) is 5.72. The van der Waals surface area contributed by atoms with E-state index in [0.29, 0.717) is 6.54 Å². The molecule has 156 valence electrons. The molecule has 1 aromatic heterocycles. The monoisotopic (exact) mass is 433 g/mol. The fourth-order valence-corrected chi connectivity index (χ4v) is 4.14. The van der Waals surface area contributed by atoms with Crippen molar-refractivity contribution in [2.45, 2.75) is 20.3 Å². The molecule has 0 bridgehead atoms. The zero-order valence-electron chi connectivity index (χ0n) is 17.6. The lowest BCUT2D eigenvalue weighted by Crippen LogP contribution is -2.33. The topological polar surface area (TPSA) is 45.7 Å². The molecule has 5 nitrogen and oxygen atoms in total. The van der Waals surface area contributed by atoms with Gasteiger partial charge in [-0.05, 0) is 64.7 Å². The Morgan fingerprint density at radius 3 is 2.52 bits per heavy atom. The maximum atomic E-state index is 13.4. The van der Waals surface area contributed by atoms with Crippen LogP contribution in [0.3, 0.4) is 0 Å². The Labute approximate surface area is 182 Å². The molecule has 0 aliphatic heterocycles. The first kappa shape index (κ1) is 23.1. The number of hydrogen-bond donors (Lipinski definition) is 0. The van der Waals surface area contributed by atoms with E-state index < -0.39 is 0 Å². The molecular weight excluding hydrogens is 406 g/mol. The van der Waals surface area contributed by atoms with E-state index in [2.05, 4.69) is 11.0 Å². The van der Waals surface area contributed by atoms with Gasteiger partial charge in [0.25, 0.3) is 5.91 Å². The lowest BCUT2D eigenvalue weighted by atomic mass is 10.0. The van der Waals surface area contributed by atoms with Gasteiger partial charge in [0.2, 0.25) is 0 Å². The van der Waals surface area contributed by atoms with Crippen LogP contribution < -0.4 is 9.64 Å². The maximum Gasteiger partial charge on any atom is 0.260 e. The molecule has 1 amide bonds. The van der Waals surface area contributed by atoms with Gasteiger partial charge in [0.15, 0.2) is 5.13 Å². The summed E-state index contributed by atoms with van der Waals surface area (Å²) in [5, 5.41) is 0.729. The summed E-state index contributed by atoms with van der Waals surface area (Å²) in [6, 6.07) is 11.8. The van der Waals surface area contributed by atoms with Crippen molar-refractivity contribution in [2.75, 3.05) is 39.2 Å². The number of rotatable bonds is 7. The highest BCUT2D eigenvalue weighted by Crippen LogP contribution is 2.32. The van der Waals surface area contributed by atoms with Crippen LogP contribution in [0.4, 0.5) is 5.13 Å². The number of thiazole rings is 1. The standard InChI is InChI=1S/C22H27N3O2S.ClH/c1-15-7-9-18(16(2)13-15)21(26)25(12-6-11-24(3)4)22-23-19-14-17(27-5)8-10-20(19)28-22;/h7-10,13-14H,6,11-12H2,1-5H3;1H. The van der Waals surface area contributed by atoms with Crippen LogP contribution in [0.15, 0.2) is 36.4 Å². The Bertz CT molecular complexity index is 987. The van der Waals surface area contributed by atoms with Crippen molar-refractivity contribution < 1.29 is 9.53 Å². The Morgan fingerprint density at radius 2 is 1.86 bits per heavy atom. The van der Waals surface area contributed by atoms with Gasteiger partial charge >= 0.3 is 0 Å². The van der Waals surface area contributed by atoms with Crippen LogP contribution >= 0.6 is 23.7 Å². The summed E-state index contributed by atoms with van der Waals surface area (Å²) in [5.74, 6) is 0.770. The van der Waals surface area contributed by atoms with Gasteiger partial charge < -0.3 is 9.64 Å². The van der Waals surface area contributed by atoms with Gasteiger partial charge in [0, 0.05) is 18.2 Å². The SMILES string of the molecule is COc1ccc2sc(N(CCCN(C)C)C(=O)c3ccc(C)cc3C)nc2c1.Cl. The lowest BCUT2D eigenvalue weighted by molar-refractivity contribution is 0.0985. The minimum atomic E-state index is 0. The number of hydrogen-bond acceptors (Lipinski definition) is 5. The second-order valence-electron chi connectivity index (χ2n) is 7.26. The van der Waals surface area contributed by atoms with Gasteiger partial charge in [0.1, 0.15) is 5.75 Å². The Balaban J connectivity index is 0.00000300. The molecule has 0 saturated carbocycles. The molecule has 7 heteroatoms. The minimum absolute atomic E-state index is 0. The van der Waals surface area contributed by atoms with Crippen molar-refractivity contribution >= 4 is 45.0 Å². The third kappa shape index (κ3) is 5.47. The zero-order chi connectivity index (χ0) is 20.3. The molecule has 2 aromatic carbocycles. The zero-order valence-corrected chi connectivity index (χ0v) is 19.2. The normalized spacial score (nSPS) is 10.8. The van der Waals surface area contributed by atoms with E-state index in [1.807, 2.05) is 63.2 Å². The number of benzene rings is 2. The summed E-state index contributed by atoms with van der Waals surface area (Å²) in [5.41, 5.74) is 3.73. The summed E-state index contributed by atoms with van der Waals surface area (Å²) < 4.78 is 6.35. The van der Waals surface area contributed by atoms with Crippen molar-refractivity contribution in [1.29, 1.82) is 0 Å². The van der Waals surface area contributed by atoms with Crippen LogP contribution in [0.2, 0.25) is 0 Å². The number of aromatic nitrogens is 1. The molecule has 3 aromatic rings. The highest BCUT2D eigenvalue weighted by atomic mass is 35.5. The van der Waals surface area contributed by atoms with Crippen molar-refractivity contribution in [3.8, 4) is 5.75 Å². The first-order valence-electron chi connectivity index (χ1n) is 9.37. The molecule has 0 aliphatic carbocycles. The average molecular weight is 434 g/mol. The lowest BCUT2D eigenvalue weighted by Gasteiger charge is -2.22. The second-order valence-corrected chi connectivity index (χ2v) is 8.27. The number of aryl methyl sites for hydroxylation is 2. The van der Waals surface area contributed by atoms with Crippen molar-refractivity contribution in [1.82, 2.24) is 9.88 Å². The summed E-state index contributed by atoms with van der Waals surface area (Å²) in [6.45, 7) is 5.56. The number of halogens is 1. The van der Waals surface area contributed by atoms with Crippen LogP contribution in [0, 0.1) is 13.8 Å². The van der Waals surface area contributed by atoms with Crippen molar-refractivity contribution in [3.63, 3.8) is 0 Å². The van der Waals surface area contributed by atoms with E-state index in [0.717, 1.165) is 50.8 Å². The van der Waals surface area contributed by atoms with Gasteiger partial charge in [-0.25, -0.2) is 4.98 Å². The first-order valence-corrected chi connectivity index (χ1v) is 10.2. The molecule has 29 heavy (non-hydrogen) atoms. The smallest absolute Gasteiger partial charge is 0.260 e. The molecule has 0 fully saturated rings. The Hall–Kier alpha value is -2.15. The second kappa shape index (κ2) is 10.1. The number of ether oxygens (including phenoxy) is 1. The van der Waals surface area contributed by atoms with Gasteiger partial charge in [-0.2, -0.15) is 0 Å². The summed E-state index contributed by atoms with van der Waals surface area (Å²) >= 11 is 1.54. The Kier molecular flexibility index (Phi) is 8.02. The average Bonchev–Trinajstić information content (AvgIpc) is 3.07. The van der Waals surface area contributed by atoms with E-state index in [9.17, 15) is 4.79 Å². The molecule has 0 unspecified atom stereocenters. The number of carbonyl (C=O) groups is 1. The maximum absolute atomic E-state index is 13.4. The van der Waals surface area contributed by atoms with E-state index >= 15 is 0 Å². The molecule has 0 atom stereocenters. The number of methoxy groups -OCH3 is 1. The fraction of sp³-hybridized carbons (Fsp3) is 0.364. The van der Waals surface area contributed by atoms with E-state index in [1.165, 1.54) is 0 Å². The summed E-state index contributed by atoms with van der Waals surface area (Å²) in [6.07, 6.45) is 0.878. The van der Waals surface area contributed by atoms with Gasteiger partial charge in [-0.1, -0.05) is 29.0 Å². The largest absolute Gasteiger partial charge is 0.497 e. The first-order chi connectivity index (χ1) is 13.4. The highest BCUT2D eigenvalue weighted by molar-refractivity contribution is 7.22. The van der Waals surface area contributed by atoms with Crippen LogP contribution in [0.5, 0.6) is 5.75 Å². The molecule has 0 aliphatic rings. The predicted molar refractivity (Wildman–Crippen MR) is 124 cm³/mol. The van der Waals surface area contributed by atoms with Crippen LogP contribution in [-0.2, 0) is 0 Å². The molecule has 3 rings (SSSR count). The minimum Gasteiger partial charge on any atom is -0.497 e. The molecule has 0 N–H and O–H groups in total. The van der Waals surface area contributed by atoms with Crippen molar-refractivity contribution in [3.05, 3.63) is 53.1 Å². The van der Waals surface area contributed by atoms with Crippen LogP contribution in [-0.4, -0.2) is 50.1 Å². The third-order valence-electron chi connectivity index (χ3n) is 4.66. The van der Waals surface area contributed by atoms with Crippen molar-refractivity contribution in [2.24, 2.45) is 0 Å². The molecule has 1 heterocycles. The Morgan fingerprint density at radius 1 is 1.10 bits per heavy atom. The number of amides is 1. The van der Waals surface area contributed by atoms with Gasteiger partial charge in [0.05, 0.1) is 17.3 Å². The quantitative estimate of drug-likeness (QED) is 0.529. The molecule has 0 saturated heterocycles. The number of carbonyl (C=O) groups excluding carboxylic acids is 1. The number of nitrogens with zero attached hydrogens (tertiary/aromatic N) is 3. The molecular formula is C22H28ClN3O2S. The van der Waals surface area contributed by atoms with E-state index in [1.54, 1.807) is 18.4 Å². The molecule has 0 spiro atoms. The summed E-state index contributed by atoms with van der Waals surface area (Å²) in [4.78, 5) is 22.1. The van der Waals surface area contributed by atoms with E-state index in [-0.39, 0.29) is 18.3 Å². The van der Waals surface area contributed by atoms with Gasteiger partial charge in [-0.15, -0.1) is 12.4 Å². The summed E-state index contributed by atoms with van der Waals surface area (Å²) in [7, 11) is 5.73. The number of fused-ring (bicyclic) bond motifs is 1. The van der Waals surface area contributed by atoms with Gasteiger partial charge in [-0.3, -0.25) is 9.69 Å². The van der Waals surface area contributed by atoms with E-state index in [4.69, 9.17) is 9.72 Å². The molecule has 0 radical (unpaired) electrons. The fourth-order valence-electron chi connectivity index (χ4n) is 3.17. The predicted octanol–water partition coefficient (Wildman–Crippen LogP) is 4.94. The highest BCUT2D eigenvalue weighted by Gasteiger charge is 2.22. The van der Waals surface area contributed by atoms with Crippen LogP contribution in [0.1, 0.15) is 27.9 Å². The van der Waals surface area contributed by atoms with Crippen LogP contribution in [0.25, 0.3) is 10.2 Å².